The summed E-state index contributed by atoms with van der Waals surface area (Å²) in [6, 6.07) is 4.42. The molecule has 0 saturated heterocycles. The van der Waals surface area contributed by atoms with Gasteiger partial charge in [0.1, 0.15) is 5.65 Å². The fourth-order valence-electron chi connectivity index (χ4n) is 2.79. The van der Waals surface area contributed by atoms with Crippen LogP contribution in [-0.4, -0.2) is 32.3 Å². The Morgan fingerprint density at radius 2 is 2.04 bits per heavy atom. The molecule has 3 aromatic rings. The van der Waals surface area contributed by atoms with Crippen LogP contribution in [0.1, 0.15) is 19.8 Å². The maximum atomic E-state index is 13.8. The SMILES string of the molecule is CCCC(CO)Nc1ncc2cc(Oc3c(F)cccc3F)c(=O)n(C)c2n1. The molecule has 0 aliphatic heterocycles. The average molecular weight is 390 g/mol. The molecule has 0 aliphatic carbocycles. The van der Waals surface area contributed by atoms with E-state index in [1.807, 2.05) is 6.92 Å². The number of benzene rings is 1. The summed E-state index contributed by atoms with van der Waals surface area (Å²) in [5.74, 6) is -2.46. The van der Waals surface area contributed by atoms with Gasteiger partial charge in [-0.2, -0.15) is 4.98 Å². The van der Waals surface area contributed by atoms with Crippen molar-refractivity contribution in [2.75, 3.05) is 11.9 Å². The summed E-state index contributed by atoms with van der Waals surface area (Å²) >= 11 is 0. The molecule has 1 atom stereocenters. The maximum absolute atomic E-state index is 13.8. The number of fused-ring (bicyclic) bond motifs is 1. The summed E-state index contributed by atoms with van der Waals surface area (Å²) in [6.45, 7) is 1.92. The highest BCUT2D eigenvalue weighted by Gasteiger charge is 2.16. The number of aryl methyl sites for hydroxylation is 1. The number of para-hydroxylation sites is 1. The molecule has 0 saturated carbocycles. The molecular formula is C19H20F2N4O3. The van der Waals surface area contributed by atoms with Gasteiger partial charge in [0.25, 0.3) is 5.56 Å². The normalized spacial score (nSPS) is 12.2. The minimum absolute atomic E-state index is 0.0743. The van der Waals surface area contributed by atoms with E-state index >= 15 is 0 Å². The molecule has 7 nitrogen and oxygen atoms in total. The second-order valence-corrected chi connectivity index (χ2v) is 6.31. The van der Waals surface area contributed by atoms with Crippen molar-refractivity contribution in [3.63, 3.8) is 0 Å². The third-order valence-electron chi connectivity index (χ3n) is 4.24. The predicted octanol–water partition coefficient (Wildman–Crippen LogP) is 2.97. The van der Waals surface area contributed by atoms with Gasteiger partial charge in [-0.25, -0.2) is 13.8 Å². The zero-order valence-corrected chi connectivity index (χ0v) is 15.4. The number of aliphatic hydroxyl groups is 1. The van der Waals surface area contributed by atoms with Crippen molar-refractivity contribution in [3.05, 3.63) is 52.5 Å². The van der Waals surface area contributed by atoms with E-state index in [0.29, 0.717) is 11.0 Å². The number of ether oxygens (including phenoxy) is 1. The lowest BCUT2D eigenvalue weighted by Crippen LogP contribution is -2.25. The second-order valence-electron chi connectivity index (χ2n) is 6.31. The predicted molar refractivity (Wildman–Crippen MR) is 101 cm³/mol. The largest absolute Gasteiger partial charge is 0.445 e. The third-order valence-corrected chi connectivity index (χ3v) is 4.24. The monoisotopic (exact) mass is 390 g/mol. The second kappa shape index (κ2) is 8.30. The molecule has 0 radical (unpaired) electrons. The number of anilines is 1. The highest BCUT2D eigenvalue weighted by molar-refractivity contribution is 5.76. The van der Waals surface area contributed by atoms with Crippen LogP contribution in [0.25, 0.3) is 11.0 Å². The van der Waals surface area contributed by atoms with E-state index in [2.05, 4.69) is 15.3 Å². The molecule has 2 N–H and O–H groups in total. The van der Waals surface area contributed by atoms with Crippen molar-refractivity contribution in [1.82, 2.24) is 14.5 Å². The van der Waals surface area contributed by atoms with E-state index in [4.69, 9.17) is 4.74 Å². The number of nitrogens with zero attached hydrogens (tertiary/aromatic N) is 3. The molecule has 9 heteroatoms. The lowest BCUT2D eigenvalue weighted by molar-refractivity contribution is 0.268. The lowest BCUT2D eigenvalue weighted by Gasteiger charge is -2.16. The van der Waals surface area contributed by atoms with Crippen molar-refractivity contribution in [1.29, 1.82) is 0 Å². The van der Waals surface area contributed by atoms with Crippen LogP contribution in [-0.2, 0) is 7.05 Å². The number of rotatable bonds is 7. The number of halogens is 2. The van der Waals surface area contributed by atoms with Crippen LogP contribution in [0.2, 0.25) is 0 Å². The Morgan fingerprint density at radius 1 is 1.32 bits per heavy atom. The summed E-state index contributed by atoms with van der Waals surface area (Å²) in [7, 11) is 1.47. The highest BCUT2D eigenvalue weighted by atomic mass is 19.1. The fourth-order valence-corrected chi connectivity index (χ4v) is 2.79. The Labute approximate surface area is 159 Å². The molecule has 0 spiro atoms. The smallest absolute Gasteiger partial charge is 0.294 e. The van der Waals surface area contributed by atoms with Crippen LogP contribution < -0.4 is 15.6 Å². The van der Waals surface area contributed by atoms with Gasteiger partial charge >= 0.3 is 0 Å². The van der Waals surface area contributed by atoms with Gasteiger partial charge < -0.3 is 15.2 Å². The summed E-state index contributed by atoms with van der Waals surface area (Å²) in [5.41, 5.74) is -0.288. The Bertz CT molecular complexity index is 1040. The van der Waals surface area contributed by atoms with Gasteiger partial charge in [0, 0.05) is 18.6 Å². The molecule has 28 heavy (non-hydrogen) atoms. The molecule has 148 valence electrons. The first-order chi connectivity index (χ1) is 13.4. The van der Waals surface area contributed by atoms with Gasteiger partial charge in [0.05, 0.1) is 12.6 Å². The van der Waals surface area contributed by atoms with Gasteiger partial charge in [0.15, 0.2) is 23.1 Å². The van der Waals surface area contributed by atoms with Crippen molar-refractivity contribution in [3.8, 4) is 11.5 Å². The first kappa shape index (κ1) is 19.7. The molecule has 2 aromatic heterocycles. The molecule has 2 heterocycles. The topological polar surface area (TPSA) is 89.3 Å². The summed E-state index contributed by atoms with van der Waals surface area (Å²) in [5, 5.41) is 12.9. The summed E-state index contributed by atoms with van der Waals surface area (Å²) in [4.78, 5) is 21.1. The molecule has 0 amide bonds. The van der Waals surface area contributed by atoms with Crippen LogP contribution >= 0.6 is 0 Å². The van der Waals surface area contributed by atoms with Crippen LogP contribution in [0.4, 0.5) is 14.7 Å². The zero-order valence-electron chi connectivity index (χ0n) is 15.4. The molecule has 0 aliphatic rings. The van der Waals surface area contributed by atoms with Crippen molar-refractivity contribution in [2.24, 2.45) is 7.05 Å². The minimum atomic E-state index is -0.913. The Kier molecular flexibility index (Phi) is 5.84. The van der Waals surface area contributed by atoms with Gasteiger partial charge in [0.2, 0.25) is 5.95 Å². The quantitative estimate of drug-likeness (QED) is 0.645. The Balaban J connectivity index is 1.99. The van der Waals surface area contributed by atoms with E-state index in [1.54, 1.807) is 0 Å². The number of pyridine rings is 1. The van der Waals surface area contributed by atoms with Crippen molar-refractivity contribution >= 4 is 17.0 Å². The highest BCUT2D eigenvalue weighted by Crippen LogP contribution is 2.27. The molecule has 0 bridgehead atoms. The fraction of sp³-hybridized carbons (Fsp3) is 0.316. The van der Waals surface area contributed by atoms with Gasteiger partial charge in [-0.15, -0.1) is 0 Å². The van der Waals surface area contributed by atoms with E-state index in [1.165, 1.54) is 29.9 Å². The summed E-state index contributed by atoms with van der Waals surface area (Å²) < 4.78 is 34.1. The number of nitrogens with one attached hydrogen (secondary N) is 1. The van der Waals surface area contributed by atoms with Gasteiger partial charge in [-0.1, -0.05) is 19.4 Å². The van der Waals surface area contributed by atoms with Crippen LogP contribution in [0.3, 0.4) is 0 Å². The van der Waals surface area contributed by atoms with Crippen LogP contribution in [0.15, 0.2) is 35.3 Å². The molecule has 3 rings (SSSR count). The third kappa shape index (κ3) is 3.94. The van der Waals surface area contributed by atoms with E-state index in [0.717, 1.165) is 25.0 Å². The number of hydrogen-bond acceptors (Lipinski definition) is 6. The van der Waals surface area contributed by atoms with Crippen molar-refractivity contribution < 1.29 is 18.6 Å². The standard InChI is InChI=1S/C19H20F2N4O3/c1-3-5-12(10-26)23-19-22-9-11-8-15(18(27)25(2)17(11)24-19)28-16-13(20)6-4-7-14(16)21/h4,6-9,12,26H,3,5,10H2,1-2H3,(H,22,23,24). The Morgan fingerprint density at radius 3 is 2.68 bits per heavy atom. The Hall–Kier alpha value is -3.07. The first-order valence-electron chi connectivity index (χ1n) is 8.80. The van der Waals surface area contributed by atoms with Gasteiger partial charge in [-0.05, 0) is 24.6 Å². The number of aliphatic hydroxyl groups excluding tert-OH is 1. The van der Waals surface area contributed by atoms with E-state index in [-0.39, 0.29) is 24.3 Å². The van der Waals surface area contributed by atoms with Crippen LogP contribution in [0.5, 0.6) is 11.5 Å². The minimum Gasteiger partial charge on any atom is -0.445 e. The number of hydrogen-bond donors (Lipinski definition) is 2. The maximum Gasteiger partial charge on any atom is 0.294 e. The van der Waals surface area contributed by atoms with Crippen LogP contribution in [0, 0.1) is 11.6 Å². The molecule has 1 unspecified atom stereocenters. The molecule has 1 aromatic carbocycles. The number of aromatic nitrogens is 3. The van der Waals surface area contributed by atoms with Crippen molar-refractivity contribution in [2.45, 2.75) is 25.8 Å². The van der Waals surface area contributed by atoms with E-state index in [9.17, 15) is 18.7 Å². The molecular weight excluding hydrogens is 370 g/mol. The molecule has 0 fully saturated rings. The van der Waals surface area contributed by atoms with Gasteiger partial charge in [-0.3, -0.25) is 9.36 Å². The average Bonchev–Trinajstić information content (AvgIpc) is 2.68. The summed E-state index contributed by atoms with van der Waals surface area (Å²) in [6.07, 6.45) is 3.07. The lowest BCUT2D eigenvalue weighted by atomic mass is 10.2. The zero-order chi connectivity index (χ0) is 20.3. The van der Waals surface area contributed by atoms with E-state index < -0.39 is 22.9 Å². The first-order valence-corrected chi connectivity index (χ1v) is 8.80.